The van der Waals surface area contributed by atoms with Crippen molar-refractivity contribution in [3.8, 4) is 5.75 Å². The highest BCUT2D eigenvalue weighted by molar-refractivity contribution is 5.33. The van der Waals surface area contributed by atoms with Crippen molar-refractivity contribution in [3.63, 3.8) is 0 Å². The standard InChI is InChI=1S/C14H20N4O/c1-11(2)15-8-13-10-18(17-16-13)9-12-6-4-5-7-14(12)19-3/h4-7,10-11,15H,8-9H2,1-3H3. The van der Waals surface area contributed by atoms with Crippen LogP contribution in [0.4, 0.5) is 0 Å². The van der Waals surface area contributed by atoms with Gasteiger partial charge in [-0.05, 0) is 6.07 Å². The van der Waals surface area contributed by atoms with Gasteiger partial charge in [-0.1, -0.05) is 37.3 Å². The fourth-order valence-corrected chi connectivity index (χ4v) is 1.81. The summed E-state index contributed by atoms with van der Waals surface area (Å²) < 4.78 is 7.16. The van der Waals surface area contributed by atoms with Crippen molar-refractivity contribution in [1.29, 1.82) is 0 Å². The van der Waals surface area contributed by atoms with Gasteiger partial charge in [-0.15, -0.1) is 5.10 Å². The van der Waals surface area contributed by atoms with Gasteiger partial charge in [0.25, 0.3) is 0 Å². The van der Waals surface area contributed by atoms with Crippen LogP contribution in [0.25, 0.3) is 0 Å². The largest absolute Gasteiger partial charge is 0.496 e. The molecule has 0 fully saturated rings. The molecular weight excluding hydrogens is 240 g/mol. The number of hydrogen-bond acceptors (Lipinski definition) is 4. The number of benzene rings is 1. The van der Waals surface area contributed by atoms with E-state index in [-0.39, 0.29) is 0 Å². The Labute approximate surface area is 113 Å². The molecule has 0 bridgehead atoms. The molecule has 0 aliphatic heterocycles. The Morgan fingerprint density at radius 3 is 2.84 bits per heavy atom. The molecule has 0 aliphatic carbocycles. The first-order valence-electron chi connectivity index (χ1n) is 6.43. The third-order valence-corrected chi connectivity index (χ3v) is 2.80. The van der Waals surface area contributed by atoms with Gasteiger partial charge in [0, 0.05) is 18.2 Å². The second-order valence-corrected chi connectivity index (χ2v) is 4.75. The molecular formula is C14H20N4O. The molecule has 0 saturated carbocycles. The van der Waals surface area contributed by atoms with Gasteiger partial charge < -0.3 is 10.1 Å². The van der Waals surface area contributed by atoms with Crippen molar-refractivity contribution in [2.45, 2.75) is 33.0 Å². The van der Waals surface area contributed by atoms with Crippen LogP contribution in [-0.4, -0.2) is 28.1 Å². The average Bonchev–Trinajstić information content (AvgIpc) is 2.85. The van der Waals surface area contributed by atoms with E-state index in [9.17, 15) is 0 Å². The van der Waals surface area contributed by atoms with Gasteiger partial charge in [-0.2, -0.15) is 0 Å². The van der Waals surface area contributed by atoms with Gasteiger partial charge in [0.1, 0.15) is 5.75 Å². The molecule has 2 aromatic rings. The zero-order valence-corrected chi connectivity index (χ0v) is 11.6. The molecule has 1 aromatic heterocycles. The Morgan fingerprint density at radius 2 is 2.11 bits per heavy atom. The molecule has 1 N–H and O–H groups in total. The molecule has 0 saturated heterocycles. The number of ether oxygens (including phenoxy) is 1. The monoisotopic (exact) mass is 260 g/mol. The van der Waals surface area contributed by atoms with Crippen LogP contribution >= 0.6 is 0 Å². The number of para-hydroxylation sites is 1. The Bertz CT molecular complexity index is 522. The highest BCUT2D eigenvalue weighted by Crippen LogP contribution is 2.17. The lowest BCUT2D eigenvalue weighted by Crippen LogP contribution is -2.21. The number of methoxy groups -OCH3 is 1. The van der Waals surface area contributed by atoms with Crippen LogP contribution in [0.1, 0.15) is 25.1 Å². The van der Waals surface area contributed by atoms with Gasteiger partial charge in [-0.25, -0.2) is 4.68 Å². The average molecular weight is 260 g/mol. The zero-order valence-electron chi connectivity index (χ0n) is 11.6. The lowest BCUT2D eigenvalue weighted by Gasteiger charge is -2.07. The van der Waals surface area contributed by atoms with Crippen LogP contribution in [0.2, 0.25) is 0 Å². The Hall–Kier alpha value is -1.88. The van der Waals surface area contributed by atoms with Gasteiger partial charge in [-0.3, -0.25) is 0 Å². The fraction of sp³-hybridized carbons (Fsp3) is 0.429. The minimum absolute atomic E-state index is 0.444. The van der Waals surface area contributed by atoms with E-state index in [4.69, 9.17) is 4.74 Å². The molecule has 1 aromatic carbocycles. The third-order valence-electron chi connectivity index (χ3n) is 2.80. The van der Waals surface area contributed by atoms with Gasteiger partial charge in [0.05, 0.1) is 25.5 Å². The minimum Gasteiger partial charge on any atom is -0.496 e. The zero-order chi connectivity index (χ0) is 13.7. The van der Waals surface area contributed by atoms with Crippen molar-refractivity contribution in [3.05, 3.63) is 41.7 Å². The molecule has 0 amide bonds. The van der Waals surface area contributed by atoms with Crippen LogP contribution in [0.5, 0.6) is 5.75 Å². The van der Waals surface area contributed by atoms with E-state index in [0.717, 1.165) is 23.6 Å². The number of rotatable bonds is 6. The van der Waals surface area contributed by atoms with Crippen molar-refractivity contribution >= 4 is 0 Å². The Morgan fingerprint density at radius 1 is 1.32 bits per heavy atom. The number of aromatic nitrogens is 3. The first kappa shape index (κ1) is 13.5. The molecule has 5 nitrogen and oxygen atoms in total. The summed E-state index contributed by atoms with van der Waals surface area (Å²) in [5, 5.41) is 11.6. The van der Waals surface area contributed by atoms with E-state index >= 15 is 0 Å². The normalized spacial score (nSPS) is 10.9. The van der Waals surface area contributed by atoms with Crippen molar-refractivity contribution in [2.75, 3.05) is 7.11 Å². The second-order valence-electron chi connectivity index (χ2n) is 4.75. The summed E-state index contributed by atoms with van der Waals surface area (Å²) in [7, 11) is 1.68. The molecule has 102 valence electrons. The summed E-state index contributed by atoms with van der Waals surface area (Å²) in [5.41, 5.74) is 2.04. The van der Waals surface area contributed by atoms with E-state index < -0.39 is 0 Å². The van der Waals surface area contributed by atoms with E-state index in [0.29, 0.717) is 12.6 Å². The number of nitrogens with zero attached hydrogens (tertiary/aromatic N) is 3. The maximum Gasteiger partial charge on any atom is 0.123 e. The summed E-state index contributed by atoms with van der Waals surface area (Å²) in [6, 6.07) is 8.39. The Kier molecular flexibility index (Phi) is 4.52. The molecule has 0 spiro atoms. The molecule has 19 heavy (non-hydrogen) atoms. The van der Waals surface area contributed by atoms with Crippen molar-refractivity contribution < 1.29 is 4.74 Å². The van der Waals surface area contributed by atoms with E-state index in [1.807, 2.05) is 35.1 Å². The number of hydrogen-bond donors (Lipinski definition) is 1. The van der Waals surface area contributed by atoms with E-state index in [1.54, 1.807) is 7.11 Å². The molecule has 2 rings (SSSR count). The van der Waals surface area contributed by atoms with Crippen molar-refractivity contribution in [2.24, 2.45) is 0 Å². The molecule has 1 heterocycles. The van der Waals surface area contributed by atoms with Crippen LogP contribution in [0, 0.1) is 0 Å². The van der Waals surface area contributed by atoms with Crippen LogP contribution in [-0.2, 0) is 13.1 Å². The summed E-state index contributed by atoms with van der Waals surface area (Å²) in [5.74, 6) is 0.875. The highest BCUT2D eigenvalue weighted by Gasteiger charge is 2.05. The fourth-order valence-electron chi connectivity index (χ4n) is 1.81. The highest BCUT2D eigenvalue weighted by atomic mass is 16.5. The maximum absolute atomic E-state index is 5.33. The van der Waals surface area contributed by atoms with Crippen LogP contribution < -0.4 is 10.1 Å². The molecule has 5 heteroatoms. The molecule has 0 aliphatic rings. The molecule has 0 unspecified atom stereocenters. The quantitative estimate of drug-likeness (QED) is 0.861. The van der Waals surface area contributed by atoms with E-state index in [1.165, 1.54) is 0 Å². The topological polar surface area (TPSA) is 52.0 Å². The molecule has 0 radical (unpaired) electrons. The smallest absolute Gasteiger partial charge is 0.123 e. The summed E-state index contributed by atoms with van der Waals surface area (Å²) in [4.78, 5) is 0. The SMILES string of the molecule is COc1ccccc1Cn1cc(CNC(C)C)nn1. The lowest BCUT2D eigenvalue weighted by atomic mass is 10.2. The predicted octanol–water partition coefficient (Wildman–Crippen LogP) is 1.83. The van der Waals surface area contributed by atoms with Crippen LogP contribution in [0.15, 0.2) is 30.5 Å². The summed E-state index contributed by atoms with van der Waals surface area (Å²) in [6.07, 6.45) is 1.96. The van der Waals surface area contributed by atoms with Crippen molar-refractivity contribution in [1.82, 2.24) is 20.3 Å². The number of nitrogens with one attached hydrogen (secondary N) is 1. The second kappa shape index (κ2) is 6.33. The van der Waals surface area contributed by atoms with Gasteiger partial charge in [0.15, 0.2) is 0 Å². The summed E-state index contributed by atoms with van der Waals surface area (Å²) in [6.45, 7) is 5.63. The van der Waals surface area contributed by atoms with E-state index in [2.05, 4.69) is 29.5 Å². The Balaban J connectivity index is 2.03. The third kappa shape index (κ3) is 3.79. The van der Waals surface area contributed by atoms with Crippen LogP contribution in [0.3, 0.4) is 0 Å². The molecule has 0 atom stereocenters. The first-order valence-corrected chi connectivity index (χ1v) is 6.43. The maximum atomic E-state index is 5.33. The first-order chi connectivity index (χ1) is 9.19. The minimum atomic E-state index is 0.444. The lowest BCUT2D eigenvalue weighted by molar-refractivity contribution is 0.407. The van der Waals surface area contributed by atoms with Gasteiger partial charge >= 0.3 is 0 Å². The predicted molar refractivity (Wildman–Crippen MR) is 74.1 cm³/mol. The summed E-state index contributed by atoms with van der Waals surface area (Å²) >= 11 is 0. The van der Waals surface area contributed by atoms with Gasteiger partial charge in [0.2, 0.25) is 0 Å².